The van der Waals surface area contributed by atoms with E-state index in [1.54, 1.807) is 0 Å². The molecule has 0 N–H and O–H groups in total. The highest BCUT2D eigenvalue weighted by molar-refractivity contribution is 6.19. The summed E-state index contributed by atoms with van der Waals surface area (Å²) in [6, 6.07) is 0. The maximum atomic E-state index is 5.90. The lowest BCUT2D eigenvalue weighted by Crippen LogP contribution is -2.04. The zero-order valence-electron chi connectivity index (χ0n) is 14.7. The maximum Gasteiger partial charge on any atom is 0.130 e. The van der Waals surface area contributed by atoms with Crippen LogP contribution in [-0.4, -0.2) is 12.2 Å². The van der Waals surface area contributed by atoms with E-state index in [0.717, 1.165) is 13.0 Å². The number of halogens is 1. The smallest absolute Gasteiger partial charge is 0.130 e. The molecule has 0 fully saturated rings. The Morgan fingerprint density at radius 1 is 0.619 bits per heavy atom. The van der Waals surface area contributed by atoms with E-state index in [1.807, 2.05) is 0 Å². The first-order chi connectivity index (χ1) is 10.3. The fraction of sp³-hybridized carbons (Fsp3) is 1.00. The van der Waals surface area contributed by atoms with Gasteiger partial charge in [0.05, 0.1) is 0 Å². The van der Waals surface area contributed by atoms with Gasteiger partial charge in [-0.2, -0.15) is 0 Å². The summed E-state index contributed by atoms with van der Waals surface area (Å²) in [5, 5.41) is 0. The van der Waals surface area contributed by atoms with E-state index in [4.69, 9.17) is 16.3 Å². The minimum Gasteiger partial charge on any atom is -0.363 e. The van der Waals surface area contributed by atoms with Gasteiger partial charge >= 0.3 is 0 Å². The highest BCUT2D eigenvalue weighted by Crippen LogP contribution is 2.13. The lowest BCUT2D eigenvalue weighted by molar-refractivity contribution is 0.101. The Bertz CT molecular complexity index is 184. The molecule has 1 atom stereocenters. The molecule has 0 aliphatic heterocycles. The van der Waals surface area contributed by atoms with Crippen LogP contribution in [0.5, 0.6) is 0 Å². The van der Waals surface area contributed by atoms with Gasteiger partial charge in [-0.25, -0.2) is 0 Å². The second-order valence-electron chi connectivity index (χ2n) is 6.29. The van der Waals surface area contributed by atoms with E-state index in [1.165, 1.54) is 89.9 Å². The summed E-state index contributed by atoms with van der Waals surface area (Å²) >= 11 is 5.90. The van der Waals surface area contributed by atoms with Crippen LogP contribution >= 0.6 is 11.6 Å². The first-order valence-electron chi connectivity index (χ1n) is 9.57. The Morgan fingerprint density at radius 2 is 1.00 bits per heavy atom. The van der Waals surface area contributed by atoms with Gasteiger partial charge < -0.3 is 4.74 Å². The van der Waals surface area contributed by atoms with Crippen molar-refractivity contribution in [3.63, 3.8) is 0 Å². The van der Waals surface area contributed by atoms with Gasteiger partial charge in [0.2, 0.25) is 0 Å². The Balaban J connectivity index is 2.96. The standard InChI is InChI=1S/C19H39ClO/c1-3-5-6-7-8-9-10-11-12-13-14-15-16-17-18-21-19(20)4-2/h19H,3-18H2,1-2H3. The average molecular weight is 319 g/mol. The van der Waals surface area contributed by atoms with E-state index in [-0.39, 0.29) is 5.56 Å². The molecule has 0 rings (SSSR count). The van der Waals surface area contributed by atoms with E-state index in [0.29, 0.717) is 0 Å². The van der Waals surface area contributed by atoms with Crippen LogP contribution in [0.15, 0.2) is 0 Å². The zero-order valence-corrected chi connectivity index (χ0v) is 15.4. The molecule has 1 unspecified atom stereocenters. The van der Waals surface area contributed by atoms with Gasteiger partial charge in [-0.1, -0.05) is 109 Å². The van der Waals surface area contributed by atoms with Crippen LogP contribution in [-0.2, 0) is 4.74 Å². The van der Waals surface area contributed by atoms with Crippen LogP contribution in [0.25, 0.3) is 0 Å². The molecule has 0 aromatic heterocycles. The van der Waals surface area contributed by atoms with Crippen molar-refractivity contribution < 1.29 is 4.74 Å². The molecule has 0 spiro atoms. The summed E-state index contributed by atoms with van der Waals surface area (Å²) in [4.78, 5) is 0. The lowest BCUT2D eigenvalue weighted by Gasteiger charge is -2.08. The molecule has 0 bridgehead atoms. The van der Waals surface area contributed by atoms with Crippen LogP contribution in [0, 0.1) is 0 Å². The van der Waals surface area contributed by atoms with Gasteiger partial charge in [-0.3, -0.25) is 0 Å². The van der Waals surface area contributed by atoms with Gasteiger partial charge in [-0.15, -0.1) is 0 Å². The molecule has 128 valence electrons. The van der Waals surface area contributed by atoms with E-state index in [2.05, 4.69) is 13.8 Å². The van der Waals surface area contributed by atoms with Crippen molar-refractivity contribution in [3.8, 4) is 0 Å². The van der Waals surface area contributed by atoms with Gasteiger partial charge in [0.15, 0.2) is 0 Å². The van der Waals surface area contributed by atoms with Crippen molar-refractivity contribution in [2.24, 2.45) is 0 Å². The summed E-state index contributed by atoms with van der Waals surface area (Å²) < 4.78 is 5.46. The first-order valence-corrected chi connectivity index (χ1v) is 10.0. The number of hydrogen-bond donors (Lipinski definition) is 0. The second kappa shape index (κ2) is 18.3. The van der Waals surface area contributed by atoms with Gasteiger partial charge in [0.1, 0.15) is 5.56 Å². The lowest BCUT2D eigenvalue weighted by atomic mass is 10.0. The summed E-state index contributed by atoms with van der Waals surface area (Å²) in [5.41, 5.74) is -0.0769. The number of alkyl halides is 1. The normalized spacial score (nSPS) is 12.7. The Morgan fingerprint density at radius 3 is 1.38 bits per heavy atom. The predicted octanol–water partition coefficient (Wildman–Crippen LogP) is 7.46. The molecule has 0 aromatic carbocycles. The molecule has 0 aliphatic rings. The van der Waals surface area contributed by atoms with Gasteiger partial charge in [0, 0.05) is 6.61 Å². The fourth-order valence-electron chi connectivity index (χ4n) is 2.63. The molecule has 0 heterocycles. The van der Waals surface area contributed by atoms with E-state index >= 15 is 0 Å². The molecular weight excluding hydrogens is 280 g/mol. The Labute approximate surface area is 139 Å². The quantitative estimate of drug-likeness (QED) is 0.200. The van der Waals surface area contributed by atoms with Crippen molar-refractivity contribution >= 4 is 11.6 Å². The molecule has 2 heteroatoms. The molecule has 0 radical (unpaired) electrons. The van der Waals surface area contributed by atoms with Crippen LogP contribution < -0.4 is 0 Å². The van der Waals surface area contributed by atoms with Crippen molar-refractivity contribution in [1.82, 2.24) is 0 Å². The van der Waals surface area contributed by atoms with Crippen LogP contribution in [0.2, 0.25) is 0 Å². The van der Waals surface area contributed by atoms with Crippen molar-refractivity contribution in [2.45, 2.75) is 116 Å². The van der Waals surface area contributed by atoms with Crippen molar-refractivity contribution in [3.05, 3.63) is 0 Å². The van der Waals surface area contributed by atoms with Crippen LogP contribution in [0.1, 0.15) is 110 Å². The Hall–Kier alpha value is 0.250. The van der Waals surface area contributed by atoms with Gasteiger partial charge in [-0.05, 0) is 12.8 Å². The molecule has 1 nitrogen and oxygen atoms in total. The van der Waals surface area contributed by atoms with Crippen LogP contribution in [0.4, 0.5) is 0 Å². The first kappa shape index (κ1) is 21.2. The van der Waals surface area contributed by atoms with Gasteiger partial charge in [0.25, 0.3) is 0 Å². The maximum absolute atomic E-state index is 5.90. The third-order valence-electron chi connectivity index (χ3n) is 4.12. The van der Waals surface area contributed by atoms with E-state index < -0.39 is 0 Å². The molecule has 0 saturated carbocycles. The Kier molecular flexibility index (Phi) is 18.5. The highest BCUT2D eigenvalue weighted by atomic mass is 35.5. The molecule has 0 amide bonds. The largest absolute Gasteiger partial charge is 0.363 e. The average Bonchev–Trinajstić information content (AvgIpc) is 2.50. The summed E-state index contributed by atoms with van der Waals surface area (Å²) in [5.74, 6) is 0. The molecule has 0 aliphatic carbocycles. The third-order valence-corrected chi connectivity index (χ3v) is 4.55. The number of hydrogen-bond acceptors (Lipinski definition) is 1. The molecule has 0 saturated heterocycles. The third kappa shape index (κ3) is 18.2. The fourth-order valence-corrected chi connectivity index (χ4v) is 2.71. The second-order valence-corrected chi connectivity index (χ2v) is 6.77. The summed E-state index contributed by atoms with van der Waals surface area (Å²) in [6.45, 7) is 5.18. The SMILES string of the molecule is CCCCCCCCCCCCCCCCOC(Cl)CC. The number of ether oxygens (including phenoxy) is 1. The molecule has 0 aromatic rings. The minimum absolute atomic E-state index is 0.0769. The van der Waals surface area contributed by atoms with Crippen LogP contribution in [0.3, 0.4) is 0 Å². The monoisotopic (exact) mass is 318 g/mol. The molecular formula is C19H39ClO. The van der Waals surface area contributed by atoms with Crippen molar-refractivity contribution in [2.75, 3.05) is 6.61 Å². The van der Waals surface area contributed by atoms with E-state index in [9.17, 15) is 0 Å². The summed E-state index contributed by atoms with van der Waals surface area (Å²) in [6.07, 6.45) is 20.5. The topological polar surface area (TPSA) is 9.23 Å². The molecule has 21 heavy (non-hydrogen) atoms. The summed E-state index contributed by atoms with van der Waals surface area (Å²) in [7, 11) is 0. The number of unbranched alkanes of at least 4 members (excludes halogenated alkanes) is 13. The number of rotatable bonds is 17. The highest BCUT2D eigenvalue weighted by Gasteiger charge is 1.99. The zero-order chi connectivity index (χ0) is 15.6. The predicted molar refractivity (Wildman–Crippen MR) is 96.2 cm³/mol. The minimum atomic E-state index is -0.0769. The van der Waals surface area contributed by atoms with Crippen molar-refractivity contribution in [1.29, 1.82) is 0 Å².